The molecule has 31 heavy (non-hydrogen) atoms. The van der Waals surface area contributed by atoms with Crippen molar-refractivity contribution in [2.75, 3.05) is 0 Å². The van der Waals surface area contributed by atoms with E-state index in [-0.39, 0.29) is 47.2 Å². The monoisotopic (exact) mass is 424 g/mol. The van der Waals surface area contributed by atoms with Crippen LogP contribution in [-0.4, -0.2) is 41.5 Å². The van der Waals surface area contributed by atoms with Gasteiger partial charge in [0.15, 0.2) is 23.5 Å². The second-order valence-electron chi connectivity index (χ2n) is 8.63. The minimum absolute atomic E-state index is 0.0104. The molecule has 4 aliphatic carbocycles. The highest BCUT2D eigenvalue weighted by Crippen LogP contribution is 2.57. The van der Waals surface area contributed by atoms with E-state index >= 15 is 0 Å². The second kappa shape index (κ2) is 5.96. The number of allylic oxidation sites excluding steroid dienone is 4. The lowest BCUT2D eigenvalue weighted by molar-refractivity contribution is -0.160. The van der Waals surface area contributed by atoms with Crippen LogP contribution in [0, 0.1) is 0 Å². The summed E-state index contributed by atoms with van der Waals surface area (Å²) in [4.78, 5) is 24.6. The van der Waals surface area contributed by atoms with Crippen LogP contribution in [0.25, 0.3) is 0 Å². The van der Waals surface area contributed by atoms with E-state index in [1.54, 1.807) is 0 Å². The second-order valence-corrected chi connectivity index (χ2v) is 8.63. The molecule has 0 aromatic carbocycles. The molecular weight excluding hydrogens is 404 g/mol. The number of esters is 2. The fourth-order valence-electron chi connectivity index (χ4n) is 5.73. The van der Waals surface area contributed by atoms with Crippen LogP contribution in [-0.2, 0) is 27.4 Å². The number of hydrogen-bond acceptors (Lipinski definition) is 7. The van der Waals surface area contributed by atoms with Crippen molar-refractivity contribution in [2.45, 2.75) is 49.6 Å². The molecule has 4 atom stereocenters. The van der Waals surface area contributed by atoms with Crippen molar-refractivity contribution in [1.82, 2.24) is 9.13 Å². The first kappa shape index (κ1) is 18.2. The molecule has 0 fully saturated rings. The normalized spacial score (nSPS) is 25.9. The van der Waals surface area contributed by atoms with E-state index in [2.05, 4.69) is 0 Å². The Hall–Kier alpha value is -3.62. The topological polar surface area (TPSA) is 134 Å². The van der Waals surface area contributed by atoms with E-state index < -0.39 is 25.0 Å². The lowest BCUT2D eigenvalue weighted by atomic mass is 10.0. The lowest BCUT2D eigenvalue weighted by Gasteiger charge is -2.11. The molecule has 4 bridgehead atoms. The van der Waals surface area contributed by atoms with Crippen molar-refractivity contribution in [1.29, 1.82) is 0 Å². The highest BCUT2D eigenvalue weighted by molar-refractivity contribution is 5.86. The first-order chi connectivity index (χ1) is 14.8. The first-order valence-corrected chi connectivity index (χ1v) is 10.2. The fraction of sp³-hybridized carbons (Fsp3) is 0.364. The SMILES string of the molecule is O=C(Cn1c(O)c2c(c1O)C1C=CC2C1)OC(=O)Cn1c(O)c2c(c1O)C1C=CC2C1. The maximum Gasteiger partial charge on any atom is 0.333 e. The molecule has 9 nitrogen and oxygen atoms in total. The predicted octanol–water partition coefficient (Wildman–Crippen LogP) is 2.16. The van der Waals surface area contributed by atoms with E-state index in [1.807, 2.05) is 24.3 Å². The molecule has 4 aliphatic rings. The molecule has 2 aromatic rings. The number of nitrogens with zero attached hydrogens (tertiary/aromatic N) is 2. The van der Waals surface area contributed by atoms with Gasteiger partial charge in [0.25, 0.3) is 0 Å². The summed E-state index contributed by atoms with van der Waals surface area (Å²) in [5.41, 5.74) is 2.46. The van der Waals surface area contributed by atoms with Crippen LogP contribution in [0.5, 0.6) is 23.5 Å². The van der Waals surface area contributed by atoms with Crippen molar-refractivity contribution in [3.05, 3.63) is 46.6 Å². The van der Waals surface area contributed by atoms with Gasteiger partial charge >= 0.3 is 11.9 Å². The summed E-state index contributed by atoms with van der Waals surface area (Å²) in [7, 11) is 0. The Morgan fingerprint density at radius 2 is 0.968 bits per heavy atom. The van der Waals surface area contributed by atoms with Gasteiger partial charge in [-0.2, -0.15) is 0 Å². The number of rotatable bonds is 4. The van der Waals surface area contributed by atoms with Gasteiger partial charge in [-0.3, -0.25) is 9.13 Å². The number of fused-ring (bicyclic) bond motifs is 10. The Morgan fingerprint density at radius 3 is 1.26 bits per heavy atom. The van der Waals surface area contributed by atoms with Crippen LogP contribution in [0.3, 0.4) is 0 Å². The van der Waals surface area contributed by atoms with Gasteiger partial charge in [-0.1, -0.05) is 24.3 Å². The molecule has 4 unspecified atom stereocenters. The molecule has 0 spiro atoms. The summed E-state index contributed by atoms with van der Waals surface area (Å²) in [6, 6.07) is 0. The standard InChI is InChI=1S/C22H20N2O7/c25-13(7-23-19(27)15-9-1-2-10(5-9)16(15)20(23)28)31-14(26)8-24-21(29)17-11-3-4-12(6-11)18(17)22(24)30/h1-4,9-12,27-30H,5-8H2. The molecule has 2 aromatic heterocycles. The highest BCUT2D eigenvalue weighted by Gasteiger charge is 2.42. The van der Waals surface area contributed by atoms with Crippen molar-refractivity contribution in [2.24, 2.45) is 0 Å². The smallest absolute Gasteiger partial charge is 0.333 e. The summed E-state index contributed by atoms with van der Waals surface area (Å²) < 4.78 is 6.90. The van der Waals surface area contributed by atoms with Gasteiger partial charge in [0.2, 0.25) is 0 Å². The minimum Gasteiger partial charge on any atom is -0.494 e. The molecule has 160 valence electrons. The average molecular weight is 424 g/mol. The van der Waals surface area contributed by atoms with E-state index in [9.17, 15) is 30.0 Å². The van der Waals surface area contributed by atoms with E-state index in [4.69, 9.17) is 4.74 Å². The zero-order chi connectivity index (χ0) is 21.6. The van der Waals surface area contributed by atoms with Crippen LogP contribution in [0.1, 0.15) is 58.8 Å². The van der Waals surface area contributed by atoms with Crippen LogP contribution < -0.4 is 0 Å². The van der Waals surface area contributed by atoms with Gasteiger partial charge in [-0.05, 0) is 12.8 Å². The Morgan fingerprint density at radius 1 is 0.677 bits per heavy atom. The van der Waals surface area contributed by atoms with Gasteiger partial charge in [0.05, 0.1) is 0 Å². The third kappa shape index (κ3) is 2.31. The van der Waals surface area contributed by atoms with Gasteiger partial charge in [-0.25, -0.2) is 9.59 Å². The third-order valence-electron chi connectivity index (χ3n) is 7.02. The fourth-order valence-corrected chi connectivity index (χ4v) is 5.73. The maximum absolute atomic E-state index is 12.3. The number of aromatic hydroxyl groups is 4. The number of ether oxygens (including phenoxy) is 1. The number of hydrogen-bond donors (Lipinski definition) is 4. The lowest BCUT2D eigenvalue weighted by Crippen LogP contribution is -2.21. The number of carbonyl (C=O) groups excluding carboxylic acids is 2. The molecule has 0 radical (unpaired) electrons. The van der Waals surface area contributed by atoms with Crippen LogP contribution >= 0.6 is 0 Å². The molecular formula is C22H20N2O7. The Labute approximate surface area is 176 Å². The summed E-state index contributed by atoms with van der Waals surface area (Å²) in [6.07, 6.45) is 9.45. The highest BCUT2D eigenvalue weighted by atomic mass is 16.6. The van der Waals surface area contributed by atoms with Crippen molar-refractivity contribution in [3.8, 4) is 23.5 Å². The van der Waals surface area contributed by atoms with E-state index in [1.165, 1.54) is 0 Å². The predicted molar refractivity (Wildman–Crippen MR) is 105 cm³/mol. The number of carbonyl (C=O) groups is 2. The van der Waals surface area contributed by atoms with Crippen molar-refractivity contribution >= 4 is 11.9 Å². The van der Waals surface area contributed by atoms with Gasteiger partial charge in [0.1, 0.15) is 13.1 Å². The molecule has 0 aliphatic heterocycles. The zero-order valence-corrected chi connectivity index (χ0v) is 16.4. The molecule has 2 heterocycles. The molecule has 6 rings (SSSR count). The van der Waals surface area contributed by atoms with Crippen LogP contribution in [0.2, 0.25) is 0 Å². The zero-order valence-electron chi connectivity index (χ0n) is 16.4. The maximum atomic E-state index is 12.3. The van der Waals surface area contributed by atoms with E-state index in [0.29, 0.717) is 22.3 Å². The minimum atomic E-state index is -0.968. The molecule has 4 N–H and O–H groups in total. The third-order valence-corrected chi connectivity index (χ3v) is 7.02. The van der Waals surface area contributed by atoms with Crippen LogP contribution in [0.4, 0.5) is 0 Å². The molecule has 0 saturated heterocycles. The molecule has 9 heteroatoms. The largest absolute Gasteiger partial charge is 0.494 e. The van der Waals surface area contributed by atoms with Crippen molar-refractivity contribution in [3.63, 3.8) is 0 Å². The molecule has 0 amide bonds. The Bertz CT molecular complexity index is 1070. The summed E-state index contributed by atoms with van der Waals surface area (Å²) in [5.74, 6) is -2.69. The summed E-state index contributed by atoms with van der Waals surface area (Å²) in [6.45, 7) is -1.08. The van der Waals surface area contributed by atoms with Gasteiger partial charge in [0, 0.05) is 45.9 Å². The van der Waals surface area contributed by atoms with Crippen molar-refractivity contribution < 1.29 is 34.8 Å². The quantitative estimate of drug-likeness (QED) is 0.336. The first-order valence-electron chi connectivity index (χ1n) is 10.2. The summed E-state index contributed by atoms with van der Waals surface area (Å²) >= 11 is 0. The van der Waals surface area contributed by atoms with Crippen LogP contribution in [0.15, 0.2) is 24.3 Å². The van der Waals surface area contributed by atoms with Gasteiger partial charge in [-0.15, -0.1) is 0 Å². The Balaban J connectivity index is 1.17. The van der Waals surface area contributed by atoms with Gasteiger partial charge < -0.3 is 25.2 Å². The average Bonchev–Trinajstić information content (AvgIpc) is 3.55. The molecule has 0 saturated carbocycles. The van der Waals surface area contributed by atoms with E-state index in [0.717, 1.165) is 22.0 Å². The summed E-state index contributed by atoms with van der Waals surface area (Å²) in [5, 5.41) is 41.9. The number of aromatic nitrogens is 2. The Kier molecular flexibility index (Phi) is 3.50.